The van der Waals surface area contributed by atoms with E-state index in [9.17, 15) is 14.0 Å². The summed E-state index contributed by atoms with van der Waals surface area (Å²) in [7, 11) is 3.38. The van der Waals surface area contributed by atoms with Crippen LogP contribution < -0.4 is 10.1 Å². The highest BCUT2D eigenvalue weighted by Gasteiger charge is 2.62. The van der Waals surface area contributed by atoms with E-state index in [1.807, 2.05) is 24.3 Å². The number of hydrogen-bond donors (Lipinski definition) is 1. The lowest BCUT2D eigenvalue weighted by molar-refractivity contribution is -0.144. The van der Waals surface area contributed by atoms with Crippen LogP contribution in [0.5, 0.6) is 5.75 Å². The molecule has 33 heavy (non-hydrogen) atoms. The number of ether oxygens (including phenoxy) is 1. The van der Waals surface area contributed by atoms with Crippen molar-refractivity contribution in [2.75, 3.05) is 19.5 Å². The normalized spacial score (nSPS) is 39.8. The number of nitrogens with one attached hydrogen (secondary N) is 1. The summed E-state index contributed by atoms with van der Waals surface area (Å²) in [5.41, 5.74) is 0.421. The Labute approximate surface area is 195 Å². The first kappa shape index (κ1) is 22.4. The third-order valence-electron chi connectivity index (χ3n) is 9.83. The van der Waals surface area contributed by atoms with Gasteiger partial charge in [-0.2, -0.15) is 0 Å². The summed E-state index contributed by atoms with van der Waals surface area (Å²) in [6.07, 6.45) is 7.47. The summed E-state index contributed by atoms with van der Waals surface area (Å²) < 4.78 is 19.8. The topological polar surface area (TPSA) is 58.6 Å². The number of carbonyl (C=O) groups is 2. The van der Waals surface area contributed by atoms with E-state index in [1.165, 1.54) is 0 Å². The van der Waals surface area contributed by atoms with Crippen molar-refractivity contribution in [3.63, 3.8) is 0 Å². The van der Waals surface area contributed by atoms with Gasteiger partial charge in [-0.15, -0.1) is 0 Å². The van der Waals surface area contributed by atoms with Crippen LogP contribution in [0.25, 0.3) is 0 Å². The number of hydrogen-bond acceptors (Lipinski definition) is 3. The van der Waals surface area contributed by atoms with Crippen molar-refractivity contribution in [1.82, 2.24) is 4.90 Å². The maximum Gasteiger partial charge on any atom is 0.282 e. The molecule has 1 N–H and O–H groups in total. The number of benzene rings is 1. The summed E-state index contributed by atoms with van der Waals surface area (Å²) in [5, 5.41) is 3.14. The second-order valence-electron chi connectivity index (χ2n) is 11.1. The van der Waals surface area contributed by atoms with E-state index in [1.54, 1.807) is 25.1 Å². The Bertz CT molecular complexity index is 992. The van der Waals surface area contributed by atoms with Gasteiger partial charge in [-0.3, -0.25) is 9.59 Å². The number of halogens is 1. The lowest BCUT2D eigenvalue weighted by Gasteiger charge is -2.60. The zero-order chi connectivity index (χ0) is 23.5. The summed E-state index contributed by atoms with van der Waals surface area (Å²) in [6.45, 7) is 4.46. The van der Waals surface area contributed by atoms with Gasteiger partial charge < -0.3 is 15.0 Å². The van der Waals surface area contributed by atoms with Crippen molar-refractivity contribution in [2.45, 2.75) is 58.4 Å². The number of carbonyl (C=O) groups excluding carboxylic acids is 2. The van der Waals surface area contributed by atoms with Gasteiger partial charge in [0.15, 0.2) is 5.83 Å². The van der Waals surface area contributed by atoms with E-state index < -0.39 is 11.7 Å². The summed E-state index contributed by atoms with van der Waals surface area (Å²) in [4.78, 5) is 27.2. The van der Waals surface area contributed by atoms with Crippen LogP contribution in [0.4, 0.5) is 10.1 Å². The molecule has 1 aliphatic heterocycles. The van der Waals surface area contributed by atoms with Crippen LogP contribution in [0, 0.1) is 34.5 Å². The second-order valence-corrected chi connectivity index (χ2v) is 11.1. The van der Waals surface area contributed by atoms with E-state index in [2.05, 4.69) is 19.2 Å². The Morgan fingerprint density at radius 2 is 1.82 bits per heavy atom. The van der Waals surface area contributed by atoms with Gasteiger partial charge in [0.2, 0.25) is 5.91 Å². The molecular formula is C27H35FN2O3. The fraction of sp³-hybridized carbons (Fsp3) is 0.630. The molecule has 0 saturated heterocycles. The number of likely N-dealkylation sites (N-methyl/N-ethyl adjacent to an activating group) is 1. The lowest BCUT2D eigenvalue weighted by atomic mass is 9.47. The standard InChI is InChI=1S/C27H35FN2O3/c1-26-14-13-20-18(9-12-23-27(20,2)15-22(28)25(32)30(23)3)19(26)10-11-21(26)24(31)29-16-5-7-17(33-4)8-6-16/h5-8,15,18-21,23H,9-14H2,1-4H3,(H,29,31)/t18-,19-,20-,21+,23+,26-,27+/m0/s1. The zero-order valence-corrected chi connectivity index (χ0v) is 20.1. The number of fused-ring (bicyclic) bond motifs is 5. The predicted octanol–water partition coefficient (Wildman–Crippen LogP) is 5.19. The monoisotopic (exact) mass is 454 g/mol. The third kappa shape index (κ3) is 3.31. The molecule has 5 nitrogen and oxygen atoms in total. The second kappa shape index (κ2) is 7.85. The molecule has 0 spiro atoms. The van der Waals surface area contributed by atoms with E-state index in [0.29, 0.717) is 17.8 Å². The summed E-state index contributed by atoms with van der Waals surface area (Å²) in [6, 6.07) is 7.54. The first-order valence-electron chi connectivity index (χ1n) is 12.3. The first-order valence-corrected chi connectivity index (χ1v) is 12.3. The maximum atomic E-state index is 14.6. The Balaban J connectivity index is 1.36. The van der Waals surface area contributed by atoms with Crippen LogP contribution >= 0.6 is 0 Å². The summed E-state index contributed by atoms with van der Waals surface area (Å²) in [5.74, 6) is 1.05. The number of rotatable bonds is 3. The molecule has 0 bridgehead atoms. The molecule has 6 heteroatoms. The van der Waals surface area contributed by atoms with Gasteiger partial charge in [0.1, 0.15) is 5.75 Å². The Hall–Kier alpha value is -2.37. The average molecular weight is 455 g/mol. The Morgan fingerprint density at radius 3 is 2.52 bits per heavy atom. The molecule has 1 aromatic rings. The Morgan fingerprint density at radius 1 is 1.09 bits per heavy atom. The van der Waals surface area contributed by atoms with Gasteiger partial charge in [-0.1, -0.05) is 13.8 Å². The minimum Gasteiger partial charge on any atom is -0.497 e. The highest BCUT2D eigenvalue weighted by Crippen LogP contribution is 2.65. The van der Waals surface area contributed by atoms with Crippen molar-refractivity contribution in [2.24, 2.45) is 34.5 Å². The van der Waals surface area contributed by atoms with Crippen molar-refractivity contribution in [3.05, 3.63) is 36.2 Å². The Kier molecular flexibility index (Phi) is 5.33. The van der Waals surface area contributed by atoms with E-state index in [0.717, 1.165) is 50.0 Å². The minimum atomic E-state index is -0.603. The van der Waals surface area contributed by atoms with E-state index >= 15 is 0 Å². The van der Waals surface area contributed by atoms with Gasteiger partial charge in [-0.25, -0.2) is 4.39 Å². The van der Waals surface area contributed by atoms with Crippen LogP contribution in [-0.4, -0.2) is 36.9 Å². The van der Waals surface area contributed by atoms with Crippen molar-refractivity contribution >= 4 is 17.5 Å². The molecular weight excluding hydrogens is 419 g/mol. The molecule has 1 heterocycles. The summed E-state index contributed by atoms with van der Waals surface area (Å²) >= 11 is 0. The largest absolute Gasteiger partial charge is 0.497 e. The fourth-order valence-corrected chi connectivity index (χ4v) is 8.16. The lowest BCUT2D eigenvalue weighted by Crippen LogP contribution is -2.60. The third-order valence-corrected chi connectivity index (χ3v) is 9.83. The molecule has 178 valence electrons. The average Bonchev–Trinajstić information content (AvgIpc) is 3.15. The fourth-order valence-electron chi connectivity index (χ4n) is 8.16. The van der Waals surface area contributed by atoms with Crippen molar-refractivity contribution in [3.8, 4) is 5.75 Å². The molecule has 2 amide bonds. The molecule has 5 rings (SSSR count). The van der Waals surface area contributed by atoms with Gasteiger partial charge in [0.05, 0.1) is 7.11 Å². The molecule has 1 aromatic carbocycles. The highest BCUT2D eigenvalue weighted by molar-refractivity contribution is 5.93. The molecule has 7 atom stereocenters. The predicted molar refractivity (Wildman–Crippen MR) is 125 cm³/mol. The first-order chi connectivity index (χ1) is 15.7. The number of amides is 2. The van der Waals surface area contributed by atoms with Gasteiger partial charge in [0, 0.05) is 30.1 Å². The van der Waals surface area contributed by atoms with Gasteiger partial charge in [-0.05, 0) is 92.0 Å². The van der Waals surface area contributed by atoms with E-state index in [-0.39, 0.29) is 28.7 Å². The van der Waals surface area contributed by atoms with Crippen LogP contribution in [-0.2, 0) is 9.59 Å². The van der Waals surface area contributed by atoms with Crippen LogP contribution in [0.3, 0.4) is 0 Å². The molecule has 3 saturated carbocycles. The number of anilines is 1. The van der Waals surface area contributed by atoms with Gasteiger partial charge >= 0.3 is 0 Å². The van der Waals surface area contributed by atoms with E-state index in [4.69, 9.17) is 4.74 Å². The number of nitrogens with zero attached hydrogens (tertiary/aromatic N) is 1. The molecule has 4 aliphatic rings. The highest BCUT2D eigenvalue weighted by atomic mass is 19.1. The molecule has 3 fully saturated rings. The number of methoxy groups -OCH3 is 1. The molecule has 3 aliphatic carbocycles. The van der Waals surface area contributed by atoms with Gasteiger partial charge in [0.25, 0.3) is 5.91 Å². The SMILES string of the molecule is COc1ccc(NC(=O)[C@H]2CC[C@H]3[C@@H]4CC[C@H]5N(C)C(=O)C(F)=C[C@]5(C)[C@H]4CC[C@]23C)cc1. The molecule has 0 aromatic heterocycles. The van der Waals surface area contributed by atoms with Crippen LogP contribution in [0.1, 0.15) is 52.4 Å². The van der Waals surface area contributed by atoms with Crippen LogP contribution in [0.15, 0.2) is 36.2 Å². The molecule has 0 radical (unpaired) electrons. The van der Waals surface area contributed by atoms with Crippen LogP contribution in [0.2, 0.25) is 0 Å². The zero-order valence-electron chi connectivity index (χ0n) is 20.1. The smallest absolute Gasteiger partial charge is 0.282 e. The van der Waals surface area contributed by atoms with Crippen molar-refractivity contribution < 1.29 is 18.7 Å². The molecule has 0 unspecified atom stereocenters. The maximum absolute atomic E-state index is 14.6. The minimum absolute atomic E-state index is 0.0148. The quantitative estimate of drug-likeness (QED) is 0.684. The van der Waals surface area contributed by atoms with Crippen molar-refractivity contribution in [1.29, 1.82) is 0 Å².